The van der Waals surface area contributed by atoms with Gasteiger partial charge in [0.15, 0.2) is 0 Å². The molecule has 0 aliphatic heterocycles. The summed E-state index contributed by atoms with van der Waals surface area (Å²) in [7, 11) is 0. The van der Waals surface area contributed by atoms with Crippen molar-refractivity contribution < 1.29 is 19.4 Å². The van der Waals surface area contributed by atoms with Crippen LogP contribution < -0.4 is 10.6 Å². The molecule has 1 aromatic heterocycles. The topological polar surface area (TPSA) is 87.7 Å². The number of hydrogen-bond acceptors (Lipinski definition) is 6. The third kappa shape index (κ3) is 4.42. The Balaban J connectivity index is 1.92. The third-order valence-electron chi connectivity index (χ3n) is 4.87. The molecule has 6 nitrogen and oxygen atoms in total. The second kappa shape index (κ2) is 8.71. The molecule has 1 amide bonds. The van der Waals surface area contributed by atoms with Crippen molar-refractivity contribution >= 4 is 38.3 Å². The molecule has 2 aromatic rings. The molecule has 3 N–H and O–H groups in total. The number of anilines is 1. The molecule has 0 bridgehead atoms. The number of aromatic hydroxyl groups is 1. The minimum atomic E-state index is -0.500. The molecule has 1 heterocycles. The molecule has 3 rings (SSSR count). The predicted octanol–water partition coefficient (Wildman–Crippen LogP) is 4.16. The molecule has 1 aromatic carbocycles. The van der Waals surface area contributed by atoms with E-state index in [2.05, 4.69) is 10.6 Å². The summed E-state index contributed by atoms with van der Waals surface area (Å²) in [5.74, 6) is -0.617. The molecule has 1 saturated carbocycles. The smallest absolute Gasteiger partial charge is 0.341 e. The first kappa shape index (κ1) is 19.6. The Morgan fingerprint density at radius 3 is 2.67 bits per heavy atom. The highest BCUT2D eigenvalue weighted by atomic mass is 32.1. The number of thiophene rings is 1. The second-order valence-corrected chi connectivity index (χ2v) is 7.89. The summed E-state index contributed by atoms with van der Waals surface area (Å²) in [6.07, 6.45) is 6.13. The van der Waals surface area contributed by atoms with Crippen molar-refractivity contribution in [2.45, 2.75) is 58.5 Å². The number of benzene rings is 1. The average Bonchev–Trinajstić information content (AvgIpc) is 3.00. The number of ether oxygens (including phenoxy) is 1. The zero-order valence-corrected chi connectivity index (χ0v) is 16.6. The SMILES string of the molecule is CCOC(=O)c1c(NC(C)=O)sc2c(O)c(CNC3CCCCC3)ccc12. The Hall–Kier alpha value is -2.12. The van der Waals surface area contributed by atoms with Gasteiger partial charge in [0.1, 0.15) is 16.3 Å². The van der Waals surface area contributed by atoms with Gasteiger partial charge in [0.2, 0.25) is 5.91 Å². The highest BCUT2D eigenvalue weighted by Crippen LogP contribution is 2.42. The molecule has 0 spiro atoms. The van der Waals surface area contributed by atoms with Gasteiger partial charge in [-0.05, 0) is 19.8 Å². The fourth-order valence-corrected chi connectivity index (χ4v) is 4.75. The van der Waals surface area contributed by atoms with Gasteiger partial charge in [-0.2, -0.15) is 0 Å². The summed E-state index contributed by atoms with van der Waals surface area (Å²) < 4.78 is 5.72. The Morgan fingerprint density at radius 2 is 2.00 bits per heavy atom. The number of nitrogens with one attached hydrogen (secondary N) is 2. The van der Waals surface area contributed by atoms with E-state index in [1.807, 2.05) is 12.1 Å². The van der Waals surface area contributed by atoms with Crippen LogP contribution in [-0.2, 0) is 16.1 Å². The monoisotopic (exact) mass is 390 g/mol. The van der Waals surface area contributed by atoms with E-state index in [1.165, 1.54) is 50.4 Å². The van der Waals surface area contributed by atoms with E-state index in [0.717, 1.165) is 5.56 Å². The van der Waals surface area contributed by atoms with Gasteiger partial charge in [-0.1, -0.05) is 31.4 Å². The van der Waals surface area contributed by atoms with Gasteiger partial charge >= 0.3 is 5.97 Å². The fourth-order valence-electron chi connectivity index (χ4n) is 3.54. The van der Waals surface area contributed by atoms with Crippen molar-refractivity contribution in [3.05, 3.63) is 23.3 Å². The number of carbonyl (C=O) groups is 2. The molecule has 0 atom stereocenters. The van der Waals surface area contributed by atoms with Crippen molar-refractivity contribution in [1.82, 2.24) is 5.32 Å². The van der Waals surface area contributed by atoms with E-state index in [-0.39, 0.29) is 18.3 Å². The summed E-state index contributed by atoms with van der Waals surface area (Å²) in [4.78, 5) is 23.9. The van der Waals surface area contributed by atoms with Crippen molar-refractivity contribution in [2.75, 3.05) is 11.9 Å². The van der Waals surface area contributed by atoms with Crippen molar-refractivity contribution in [2.24, 2.45) is 0 Å². The zero-order chi connectivity index (χ0) is 19.4. The quantitative estimate of drug-likeness (QED) is 0.645. The molecule has 1 aliphatic rings. The van der Waals surface area contributed by atoms with Gasteiger partial charge in [-0.3, -0.25) is 4.79 Å². The van der Waals surface area contributed by atoms with Gasteiger partial charge in [0.05, 0.1) is 11.3 Å². The Bertz CT molecular complexity index is 840. The number of fused-ring (bicyclic) bond motifs is 1. The number of esters is 1. The lowest BCUT2D eigenvalue weighted by Gasteiger charge is -2.23. The van der Waals surface area contributed by atoms with Crippen LogP contribution in [0.15, 0.2) is 12.1 Å². The molecule has 0 unspecified atom stereocenters. The lowest BCUT2D eigenvalue weighted by atomic mass is 9.95. The van der Waals surface area contributed by atoms with E-state index in [0.29, 0.717) is 33.2 Å². The van der Waals surface area contributed by atoms with Crippen LogP contribution in [0.4, 0.5) is 5.00 Å². The van der Waals surface area contributed by atoms with Crippen LogP contribution in [0.3, 0.4) is 0 Å². The number of hydrogen-bond donors (Lipinski definition) is 3. The molecule has 0 radical (unpaired) electrons. The van der Waals surface area contributed by atoms with Gasteiger partial charge in [0, 0.05) is 30.5 Å². The van der Waals surface area contributed by atoms with Gasteiger partial charge in [0.25, 0.3) is 0 Å². The van der Waals surface area contributed by atoms with E-state index < -0.39 is 5.97 Å². The minimum Gasteiger partial charge on any atom is -0.506 e. The number of phenols is 1. The predicted molar refractivity (Wildman–Crippen MR) is 107 cm³/mol. The van der Waals surface area contributed by atoms with Crippen LogP contribution in [0.2, 0.25) is 0 Å². The Morgan fingerprint density at radius 1 is 1.26 bits per heavy atom. The molecule has 1 aliphatic carbocycles. The molecule has 0 saturated heterocycles. The molecule has 27 heavy (non-hydrogen) atoms. The van der Waals surface area contributed by atoms with Crippen molar-refractivity contribution in [1.29, 1.82) is 0 Å². The number of carbonyl (C=O) groups excluding carboxylic acids is 2. The zero-order valence-electron chi connectivity index (χ0n) is 15.8. The number of amides is 1. The second-order valence-electron chi connectivity index (χ2n) is 6.87. The summed E-state index contributed by atoms with van der Waals surface area (Å²) >= 11 is 1.20. The first-order valence-electron chi connectivity index (χ1n) is 9.46. The summed E-state index contributed by atoms with van der Waals surface area (Å²) in [5, 5.41) is 18.0. The minimum absolute atomic E-state index is 0.156. The van der Waals surface area contributed by atoms with E-state index in [4.69, 9.17) is 4.74 Å². The number of phenolic OH excluding ortho intramolecular Hbond substituents is 1. The molecular weight excluding hydrogens is 364 g/mol. The maximum absolute atomic E-state index is 12.4. The fraction of sp³-hybridized carbons (Fsp3) is 0.500. The third-order valence-corrected chi connectivity index (χ3v) is 6.00. The van der Waals surface area contributed by atoms with Gasteiger partial charge in [-0.25, -0.2) is 4.79 Å². The Kier molecular flexibility index (Phi) is 6.34. The largest absolute Gasteiger partial charge is 0.506 e. The average molecular weight is 391 g/mol. The Labute approximate surface area is 162 Å². The molecule has 1 fully saturated rings. The number of rotatable bonds is 6. The normalized spacial score (nSPS) is 15.0. The lowest BCUT2D eigenvalue weighted by molar-refractivity contribution is -0.114. The van der Waals surface area contributed by atoms with Gasteiger partial charge in [-0.15, -0.1) is 11.3 Å². The van der Waals surface area contributed by atoms with Crippen molar-refractivity contribution in [3.63, 3.8) is 0 Å². The van der Waals surface area contributed by atoms with Crippen LogP contribution in [0.5, 0.6) is 5.75 Å². The van der Waals surface area contributed by atoms with Crippen LogP contribution >= 0.6 is 11.3 Å². The molecular formula is C20H26N2O4S. The van der Waals surface area contributed by atoms with Crippen molar-refractivity contribution in [3.8, 4) is 5.75 Å². The van der Waals surface area contributed by atoms with Crippen LogP contribution in [0, 0.1) is 0 Å². The van der Waals surface area contributed by atoms with Crippen LogP contribution in [-0.4, -0.2) is 29.6 Å². The van der Waals surface area contributed by atoms with Gasteiger partial charge < -0.3 is 20.5 Å². The molecule has 146 valence electrons. The first-order valence-corrected chi connectivity index (χ1v) is 10.3. The first-order chi connectivity index (χ1) is 13.0. The lowest BCUT2D eigenvalue weighted by Crippen LogP contribution is -2.30. The highest BCUT2D eigenvalue weighted by Gasteiger charge is 2.24. The maximum atomic E-state index is 12.4. The highest BCUT2D eigenvalue weighted by molar-refractivity contribution is 7.23. The van der Waals surface area contributed by atoms with E-state index >= 15 is 0 Å². The summed E-state index contributed by atoms with van der Waals surface area (Å²) in [5.41, 5.74) is 1.09. The standard InChI is InChI=1S/C20H26N2O4S/c1-3-26-20(25)16-15-10-9-13(11-21-14-7-5-4-6-8-14)17(24)18(15)27-19(16)22-12(2)23/h9-10,14,21,24H,3-8,11H2,1-2H3,(H,22,23). The van der Waals surface area contributed by atoms with Crippen LogP contribution in [0.25, 0.3) is 10.1 Å². The summed E-state index contributed by atoms with van der Waals surface area (Å²) in [6.45, 7) is 3.94. The van der Waals surface area contributed by atoms with Crippen LogP contribution in [0.1, 0.15) is 61.9 Å². The van der Waals surface area contributed by atoms with E-state index in [9.17, 15) is 14.7 Å². The van der Waals surface area contributed by atoms with E-state index in [1.54, 1.807) is 6.92 Å². The summed E-state index contributed by atoms with van der Waals surface area (Å²) in [6, 6.07) is 4.14. The maximum Gasteiger partial charge on any atom is 0.341 e. The molecule has 7 heteroatoms.